The number of nitrogens with zero attached hydrogens (tertiary/aromatic N) is 1. The van der Waals surface area contributed by atoms with Crippen LogP contribution in [0.25, 0.3) is 0 Å². The van der Waals surface area contributed by atoms with E-state index in [9.17, 15) is 0 Å². The van der Waals surface area contributed by atoms with Gasteiger partial charge in [-0.2, -0.15) is 0 Å². The normalized spacial score (nSPS) is 25.2. The van der Waals surface area contributed by atoms with Crippen LogP contribution in [-0.4, -0.2) is 6.54 Å². The summed E-state index contributed by atoms with van der Waals surface area (Å²) in [4.78, 5) is 2.60. The average Bonchev–Trinajstić information content (AvgIpc) is 3.04. The lowest BCUT2D eigenvalue weighted by Gasteiger charge is -2.39. The molecule has 1 nitrogen and oxygen atoms in total. The fourth-order valence-corrected chi connectivity index (χ4v) is 4.68. The molecule has 1 fully saturated rings. The van der Waals surface area contributed by atoms with Crippen molar-refractivity contribution < 1.29 is 0 Å². The molecule has 2 aromatic rings. The third-order valence-corrected chi connectivity index (χ3v) is 5.59. The SMILES string of the molecule is Clc1ccc2c(c1)C1C(CCCN1c1cccs1)C2. The second kappa shape index (κ2) is 4.53. The Balaban J connectivity index is 1.79. The van der Waals surface area contributed by atoms with Crippen molar-refractivity contribution in [3.05, 3.63) is 51.9 Å². The van der Waals surface area contributed by atoms with E-state index in [1.807, 2.05) is 17.4 Å². The smallest absolute Gasteiger partial charge is 0.0913 e. The molecule has 0 saturated carbocycles. The molecule has 1 aliphatic heterocycles. The van der Waals surface area contributed by atoms with E-state index in [4.69, 9.17) is 11.6 Å². The Labute approximate surface area is 122 Å². The third kappa shape index (κ3) is 1.89. The quantitative estimate of drug-likeness (QED) is 0.720. The third-order valence-electron chi connectivity index (χ3n) is 4.45. The van der Waals surface area contributed by atoms with Crippen LogP contribution in [0.2, 0.25) is 5.02 Å². The van der Waals surface area contributed by atoms with Crippen LogP contribution in [0.1, 0.15) is 30.0 Å². The Kier molecular flexibility index (Phi) is 2.82. The molecule has 1 saturated heterocycles. The number of hydrogen-bond acceptors (Lipinski definition) is 2. The first-order valence-electron chi connectivity index (χ1n) is 6.91. The molecule has 1 aromatic heterocycles. The van der Waals surface area contributed by atoms with E-state index in [1.165, 1.54) is 41.9 Å². The highest BCUT2D eigenvalue weighted by Crippen LogP contribution is 2.48. The van der Waals surface area contributed by atoms with Gasteiger partial charge in [0.2, 0.25) is 0 Å². The Morgan fingerprint density at radius 2 is 2.21 bits per heavy atom. The molecule has 3 heteroatoms. The molecule has 2 unspecified atom stereocenters. The van der Waals surface area contributed by atoms with Crippen LogP contribution in [-0.2, 0) is 6.42 Å². The number of thiophene rings is 1. The fraction of sp³-hybridized carbons (Fsp3) is 0.375. The Morgan fingerprint density at radius 3 is 3.05 bits per heavy atom. The highest BCUT2D eigenvalue weighted by Gasteiger charge is 2.39. The Hall–Kier alpha value is -0.990. The molecule has 2 atom stereocenters. The van der Waals surface area contributed by atoms with E-state index in [1.54, 1.807) is 0 Å². The Bertz CT molecular complexity index is 593. The van der Waals surface area contributed by atoms with Crippen molar-refractivity contribution in [2.24, 2.45) is 5.92 Å². The van der Waals surface area contributed by atoms with E-state index in [-0.39, 0.29) is 0 Å². The van der Waals surface area contributed by atoms with Gasteiger partial charge in [-0.1, -0.05) is 17.7 Å². The van der Waals surface area contributed by atoms with Crippen LogP contribution < -0.4 is 4.90 Å². The zero-order chi connectivity index (χ0) is 12.8. The molecular weight excluding hydrogens is 274 g/mol. The standard InChI is InChI=1S/C16H16ClNS/c17-13-6-5-11-9-12-3-1-7-18(15-4-2-8-19-15)16(12)14(11)10-13/h2,4-6,8,10,12,16H,1,3,7,9H2. The van der Waals surface area contributed by atoms with Gasteiger partial charge in [-0.3, -0.25) is 0 Å². The molecule has 1 aromatic carbocycles. The van der Waals surface area contributed by atoms with Crippen molar-refractivity contribution >= 4 is 27.9 Å². The minimum atomic E-state index is 0.543. The lowest BCUT2D eigenvalue weighted by Crippen LogP contribution is -2.36. The predicted molar refractivity (Wildman–Crippen MR) is 82.3 cm³/mol. The monoisotopic (exact) mass is 289 g/mol. The molecule has 2 aliphatic rings. The number of hydrogen-bond donors (Lipinski definition) is 0. The highest BCUT2D eigenvalue weighted by atomic mass is 35.5. The molecule has 0 amide bonds. The van der Waals surface area contributed by atoms with Gasteiger partial charge in [0.1, 0.15) is 0 Å². The Morgan fingerprint density at radius 1 is 1.26 bits per heavy atom. The van der Waals surface area contributed by atoms with Crippen LogP contribution in [0.4, 0.5) is 5.00 Å². The van der Waals surface area contributed by atoms with Gasteiger partial charge >= 0.3 is 0 Å². The molecule has 0 radical (unpaired) electrons. The van der Waals surface area contributed by atoms with Crippen molar-refractivity contribution in [2.75, 3.05) is 11.4 Å². The summed E-state index contributed by atoms with van der Waals surface area (Å²) in [6.45, 7) is 1.17. The van der Waals surface area contributed by atoms with Crippen LogP contribution >= 0.6 is 22.9 Å². The van der Waals surface area contributed by atoms with Gasteiger partial charge in [0, 0.05) is 11.6 Å². The fourth-order valence-electron chi connectivity index (χ4n) is 3.70. The number of piperidine rings is 1. The van der Waals surface area contributed by atoms with Gasteiger partial charge in [0.15, 0.2) is 0 Å². The number of rotatable bonds is 1. The number of benzene rings is 1. The van der Waals surface area contributed by atoms with E-state index in [0.29, 0.717) is 6.04 Å². The van der Waals surface area contributed by atoms with Gasteiger partial charge in [-0.05, 0) is 66.0 Å². The summed E-state index contributed by atoms with van der Waals surface area (Å²) in [7, 11) is 0. The molecule has 1 aliphatic carbocycles. The zero-order valence-corrected chi connectivity index (χ0v) is 12.3. The van der Waals surface area contributed by atoms with Gasteiger partial charge in [0.25, 0.3) is 0 Å². The van der Waals surface area contributed by atoms with E-state index >= 15 is 0 Å². The summed E-state index contributed by atoms with van der Waals surface area (Å²) in [6, 6.07) is 11.4. The summed E-state index contributed by atoms with van der Waals surface area (Å²) in [5.41, 5.74) is 2.97. The minimum absolute atomic E-state index is 0.543. The molecule has 0 bridgehead atoms. The number of halogens is 1. The summed E-state index contributed by atoms with van der Waals surface area (Å²) in [5.74, 6) is 0.768. The van der Waals surface area contributed by atoms with E-state index < -0.39 is 0 Å². The summed E-state index contributed by atoms with van der Waals surface area (Å²) < 4.78 is 0. The average molecular weight is 290 g/mol. The topological polar surface area (TPSA) is 3.24 Å². The minimum Gasteiger partial charge on any atom is -0.356 e. The van der Waals surface area contributed by atoms with Gasteiger partial charge in [0.05, 0.1) is 11.0 Å². The van der Waals surface area contributed by atoms with Crippen molar-refractivity contribution in [3.63, 3.8) is 0 Å². The molecule has 19 heavy (non-hydrogen) atoms. The lowest BCUT2D eigenvalue weighted by molar-refractivity contribution is 0.352. The van der Waals surface area contributed by atoms with Crippen LogP contribution in [0.5, 0.6) is 0 Å². The first kappa shape index (κ1) is 11.8. The van der Waals surface area contributed by atoms with Crippen LogP contribution in [0.15, 0.2) is 35.7 Å². The molecule has 0 spiro atoms. The van der Waals surface area contributed by atoms with Gasteiger partial charge in [-0.15, -0.1) is 11.3 Å². The summed E-state index contributed by atoms with van der Waals surface area (Å²) in [6.07, 6.45) is 3.87. The largest absolute Gasteiger partial charge is 0.356 e. The van der Waals surface area contributed by atoms with Crippen molar-refractivity contribution in [2.45, 2.75) is 25.3 Å². The highest BCUT2D eigenvalue weighted by molar-refractivity contribution is 7.14. The van der Waals surface area contributed by atoms with Crippen LogP contribution in [0.3, 0.4) is 0 Å². The molecular formula is C16H16ClNS. The second-order valence-corrected chi connectivity index (χ2v) is 6.90. The zero-order valence-electron chi connectivity index (χ0n) is 10.7. The molecule has 4 rings (SSSR count). The molecule has 0 N–H and O–H groups in total. The first-order chi connectivity index (χ1) is 9.33. The number of fused-ring (bicyclic) bond motifs is 3. The lowest BCUT2D eigenvalue weighted by atomic mass is 9.90. The first-order valence-corrected chi connectivity index (χ1v) is 8.17. The summed E-state index contributed by atoms with van der Waals surface area (Å²) in [5, 5.41) is 4.45. The van der Waals surface area contributed by atoms with Gasteiger partial charge in [-0.25, -0.2) is 0 Å². The second-order valence-electron chi connectivity index (χ2n) is 5.54. The maximum absolute atomic E-state index is 6.21. The molecule has 98 valence electrons. The van der Waals surface area contributed by atoms with Crippen molar-refractivity contribution in [3.8, 4) is 0 Å². The van der Waals surface area contributed by atoms with Crippen molar-refractivity contribution in [1.82, 2.24) is 0 Å². The van der Waals surface area contributed by atoms with Gasteiger partial charge < -0.3 is 4.90 Å². The van der Waals surface area contributed by atoms with E-state index in [2.05, 4.69) is 34.5 Å². The summed E-state index contributed by atoms with van der Waals surface area (Å²) >= 11 is 8.06. The maximum Gasteiger partial charge on any atom is 0.0913 e. The predicted octanol–water partition coefficient (Wildman–Crippen LogP) is 4.92. The van der Waals surface area contributed by atoms with Crippen LogP contribution in [0, 0.1) is 5.92 Å². The van der Waals surface area contributed by atoms with E-state index in [0.717, 1.165) is 10.9 Å². The maximum atomic E-state index is 6.21. The number of anilines is 1. The van der Waals surface area contributed by atoms with Crippen molar-refractivity contribution in [1.29, 1.82) is 0 Å². The molecule has 2 heterocycles.